The number of hydrogen-bond acceptors (Lipinski definition) is 4. The standard InChI is InChI=1S/C15H33N3O2S/c1-4-18-10-7-15(8-11-18)13-17-21(19,20)12-6-5-9-16-14(2)3/h14-17H,4-13H2,1-3H3. The van der Waals surface area contributed by atoms with Gasteiger partial charge in [0.1, 0.15) is 0 Å². The minimum atomic E-state index is -3.09. The molecule has 0 saturated carbocycles. The van der Waals surface area contributed by atoms with Gasteiger partial charge in [-0.05, 0) is 57.8 Å². The number of rotatable bonds is 10. The van der Waals surface area contributed by atoms with Crippen molar-refractivity contribution < 1.29 is 8.42 Å². The Labute approximate surface area is 130 Å². The molecule has 1 aliphatic rings. The van der Waals surface area contributed by atoms with E-state index in [1.165, 1.54) is 0 Å². The van der Waals surface area contributed by atoms with Gasteiger partial charge in [-0.3, -0.25) is 0 Å². The van der Waals surface area contributed by atoms with Crippen molar-refractivity contribution in [3.63, 3.8) is 0 Å². The maximum absolute atomic E-state index is 11.9. The molecule has 1 fully saturated rings. The Balaban J connectivity index is 2.12. The minimum absolute atomic E-state index is 0.251. The molecule has 1 aliphatic heterocycles. The van der Waals surface area contributed by atoms with Crippen LogP contribution < -0.4 is 10.0 Å². The number of nitrogens with zero attached hydrogens (tertiary/aromatic N) is 1. The van der Waals surface area contributed by atoms with E-state index < -0.39 is 10.0 Å². The van der Waals surface area contributed by atoms with Gasteiger partial charge < -0.3 is 10.2 Å². The van der Waals surface area contributed by atoms with Gasteiger partial charge >= 0.3 is 0 Å². The summed E-state index contributed by atoms with van der Waals surface area (Å²) in [6.07, 6.45) is 3.85. The molecule has 0 unspecified atom stereocenters. The molecule has 0 amide bonds. The Bertz CT molecular complexity index is 363. The molecule has 1 heterocycles. The Morgan fingerprint density at radius 2 is 1.86 bits per heavy atom. The van der Waals surface area contributed by atoms with Crippen LogP contribution in [0.1, 0.15) is 46.5 Å². The molecule has 0 aliphatic carbocycles. The molecule has 0 aromatic heterocycles. The molecule has 21 heavy (non-hydrogen) atoms. The zero-order valence-electron chi connectivity index (χ0n) is 13.9. The second kappa shape index (κ2) is 9.77. The quantitative estimate of drug-likeness (QED) is 0.598. The largest absolute Gasteiger partial charge is 0.315 e. The lowest BCUT2D eigenvalue weighted by molar-refractivity contribution is 0.193. The topological polar surface area (TPSA) is 61.4 Å². The van der Waals surface area contributed by atoms with Crippen LogP contribution in [0, 0.1) is 5.92 Å². The molecule has 0 bridgehead atoms. The van der Waals surface area contributed by atoms with Crippen LogP contribution in [0.3, 0.4) is 0 Å². The summed E-state index contributed by atoms with van der Waals surface area (Å²) < 4.78 is 26.7. The van der Waals surface area contributed by atoms with Crippen LogP contribution in [0.25, 0.3) is 0 Å². The van der Waals surface area contributed by atoms with Gasteiger partial charge in [-0.25, -0.2) is 13.1 Å². The second-order valence-electron chi connectivity index (χ2n) is 6.36. The summed E-state index contributed by atoms with van der Waals surface area (Å²) in [6.45, 7) is 11.2. The third kappa shape index (κ3) is 8.76. The van der Waals surface area contributed by atoms with E-state index in [4.69, 9.17) is 0 Å². The van der Waals surface area contributed by atoms with E-state index in [-0.39, 0.29) is 5.75 Å². The molecule has 0 spiro atoms. The SMILES string of the molecule is CCN1CCC(CNS(=O)(=O)CCCCNC(C)C)CC1. The molecule has 1 saturated heterocycles. The van der Waals surface area contributed by atoms with Crippen LogP contribution >= 0.6 is 0 Å². The van der Waals surface area contributed by atoms with E-state index in [2.05, 4.69) is 35.7 Å². The summed E-state index contributed by atoms with van der Waals surface area (Å²) in [7, 11) is -3.09. The summed E-state index contributed by atoms with van der Waals surface area (Å²) in [5.41, 5.74) is 0. The van der Waals surface area contributed by atoms with Gasteiger partial charge in [0, 0.05) is 12.6 Å². The summed E-state index contributed by atoms with van der Waals surface area (Å²) in [4.78, 5) is 2.42. The van der Waals surface area contributed by atoms with Gasteiger partial charge in [0.15, 0.2) is 0 Å². The van der Waals surface area contributed by atoms with Gasteiger partial charge in [-0.15, -0.1) is 0 Å². The van der Waals surface area contributed by atoms with Crippen LogP contribution in [0.5, 0.6) is 0 Å². The van der Waals surface area contributed by atoms with Crippen LogP contribution in [0.15, 0.2) is 0 Å². The van der Waals surface area contributed by atoms with E-state index in [1.807, 2.05) is 0 Å². The highest BCUT2D eigenvalue weighted by molar-refractivity contribution is 7.89. The van der Waals surface area contributed by atoms with Crippen LogP contribution in [-0.4, -0.2) is 57.8 Å². The fraction of sp³-hybridized carbons (Fsp3) is 1.00. The Morgan fingerprint density at radius 3 is 2.43 bits per heavy atom. The maximum Gasteiger partial charge on any atom is 0.211 e. The predicted octanol–water partition coefficient (Wildman–Crippen LogP) is 1.42. The molecular formula is C15H33N3O2S. The number of piperidine rings is 1. The molecule has 0 aromatic carbocycles. The number of unbranched alkanes of at least 4 members (excludes halogenated alkanes) is 1. The second-order valence-corrected chi connectivity index (χ2v) is 8.29. The Hall–Kier alpha value is -0.170. The van der Waals surface area contributed by atoms with Crippen molar-refractivity contribution in [1.82, 2.24) is 14.9 Å². The average Bonchev–Trinajstić information content (AvgIpc) is 2.45. The van der Waals surface area contributed by atoms with E-state index in [0.717, 1.165) is 51.9 Å². The zero-order valence-corrected chi connectivity index (χ0v) is 14.7. The van der Waals surface area contributed by atoms with Crippen molar-refractivity contribution in [2.45, 2.75) is 52.5 Å². The number of nitrogens with one attached hydrogen (secondary N) is 2. The van der Waals surface area contributed by atoms with Crippen LogP contribution in [-0.2, 0) is 10.0 Å². The number of hydrogen-bond donors (Lipinski definition) is 2. The van der Waals surface area contributed by atoms with Gasteiger partial charge in [0.25, 0.3) is 0 Å². The lowest BCUT2D eigenvalue weighted by Crippen LogP contribution is -2.39. The molecule has 0 aromatic rings. The highest BCUT2D eigenvalue weighted by Crippen LogP contribution is 2.16. The average molecular weight is 320 g/mol. The summed E-state index contributed by atoms with van der Waals surface area (Å²) in [6, 6.07) is 0.466. The van der Waals surface area contributed by atoms with Gasteiger partial charge in [0.2, 0.25) is 10.0 Å². The van der Waals surface area contributed by atoms with Crippen molar-refractivity contribution in [3.8, 4) is 0 Å². The first-order valence-electron chi connectivity index (χ1n) is 8.36. The molecule has 2 N–H and O–H groups in total. The molecule has 0 radical (unpaired) electrons. The van der Waals surface area contributed by atoms with E-state index in [1.54, 1.807) is 0 Å². The third-order valence-electron chi connectivity index (χ3n) is 4.14. The predicted molar refractivity (Wildman–Crippen MR) is 89.0 cm³/mol. The summed E-state index contributed by atoms with van der Waals surface area (Å²) in [5, 5.41) is 3.31. The fourth-order valence-electron chi connectivity index (χ4n) is 2.63. The highest BCUT2D eigenvalue weighted by Gasteiger charge is 2.20. The van der Waals surface area contributed by atoms with Gasteiger partial charge in [-0.1, -0.05) is 20.8 Å². The number of sulfonamides is 1. The number of likely N-dealkylation sites (tertiary alicyclic amines) is 1. The van der Waals surface area contributed by atoms with Crippen molar-refractivity contribution in [2.24, 2.45) is 5.92 Å². The normalized spacial score (nSPS) is 18.5. The first-order chi connectivity index (χ1) is 9.93. The van der Waals surface area contributed by atoms with E-state index in [0.29, 0.717) is 18.5 Å². The van der Waals surface area contributed by atoms with Crippen molar-refractivity contribution in [1.29, 1.82) is 0 Å². The van der Waals surface area contributed by atoms with Crippen molar-refractivity contribution >= 4 is 10.0 Å². The van der Waals surface area contributed by atoms with E-state index in [9.17, 15) is 8.42 Å². The highest BCUT2D eigenvalue weighted by atomic mass is 32.2. The first-order valence-corrected chi connectivity index (χ1v) is 10.0. The minimum Gasteiger partial charge on any atom is -0.315 e. The van der Waals surface area contributed by atoms with Gasteiger partial charge in [-0.2, -0.15) is 0 Å². The first kappa shape index (κ1) is 18.9. The molecule has 6 heteroatoms. The molecule has 126 valence electrons. The Morgan fingerprint density at radius 1 is 1.19 bits per heavy atom. The fourth-order valence-corrected chi connectivity index (χ4v) is 3.85. The molecule has 0 atom stereocenters. The Kier molecular flexibility index (Phi) is 8.78. The summed E-state index contributed by atoms with van der Waals surface area (Å²) >= 11 is 0. The molecule has 1 rings (SSSR count). The lowest BCUT2D eigenvalue weighted by atomic mass is 9.97. The smallest absolute Gasteiger partial charge is 0.211 e. The van der Waals surface area contributed by atoms with E-state index >= 15 is 0 Å². The van der Waals surface area contributed by atoms with Crippen LogP contribution in [0.2, 0.25) is 0 Å². The molecule has 5 nitrogen and oxygen atoms in total. The third-order valence-corrected chi connectivity index (χ3v) is 5.57. The lowest BCUT2D eigenvalue weighted by Gasteiger charge is -2.30. The van der Waals surface area contributed by atoms with Crippen LogP contribution in [0.4, 0.5) is 0 Å². The summed E-state index contributed by atoms with van der Waals surface area (Å²) in [5.74, 6) is 0.755. The zero-order chi connectivity index (χ0) is 15.7. The molecular weight excluding hydrogens is 286 g/mol. The monoisotopic (exact) mass is 319 g/mol. The van der Waals surface area contributed by atoms with Gasteiger partial charge in [0.05, 0.1) is 5.75 Å². The van der Waals surface area contributed by atoms with Crippen molar-refractivity contribution in [3.05, 3.63) is 0 Å². The maximum atomic E-state index is 11.9. The van der Waals surface area contributed by atoms with Crippen molar-refractivity contribution in [2.75, 3.05) is 38.5 Å².